The second-order valence-electron chi connectivity index (χ2n) is 6.95. The molecule has 0 fully saturated rings. The van der Waals surface area contributed by atoms with Crippen molar-refractivity contribution in [3.8, 4) is 5.75 Å². The van der Waals surface area contributed by atoms with Gasteiger partial charge in [0.15, 0.2) is 0 Å². The summed E-state index contributed by atoms with van der Waals surface area (Å²) in [6, 6.07) is 25.4. The number of carbonyl (C=O) groups excluding carboxylic acids is 1. The Kier molecular flexibility index (Phi) is 6.74. The number of anilines is 4. The van der Waals surface area contributed by atoms with Gasteiger partial charge in [-0.3, -0.25) is 4.79 Å². The predicted octanol–water partition coefficient (Wildman–Crippen LogP) is 5.29. The Balaban J connectivity index is 1.73. The highest BCUT2D eigenvalue weighted by molar-refractivity contribution is 5.97. The van der Waals surface area contributed by atoms with Crippen LogP contribution in [-0.2, 0) is 4.79 Å². The molecule has 29 heavy (non-hydrogen) atoms. The number of para-hydroxylation sites is 3. The lowest BCUT2D eigenvalue weighted by Crippen LogP contribution is -2.40. The average Bonchev–Trinajstić information content (AvgIpc) is 2.74. The summed E-state index contributed by atoms with van der Waals surface area (Å²) in [5.74, 6) is 0.717. The molecule has 0 aromatic heterocycles. The van der Waals surface area contributed by atoms with Crippen molar-refractivity contribution < 1.29 is 9.53 Å². The van der Waals surface area contributed by atoms with Crippen molar-refractivity contribution in [2.45, 2.75) is 19.9 Å². The Morgan fingerprint density at radius 1 is 0.931 bits per heavy atom. The van der Waals surface area contributed by atoms with E-state index >= 15 is 0 Å². The van der Waals surface area contributed by atoms with Crippen molar-refractivity contribution in [2.24, 2.45) is 0 Å². The molecule has 3 rings (SSSR count). The number of amides is 1. The molecule has 0 saturated heterocycles. The van der Waals surface area contributed by atoms with E-state index in [1.807, 2.05) is 92.7 Å². The highest BCUT2D eigenvalue weighted by atomic mass is 16.5. The fourth-order valence-electron chi connectivity index (χ4n) is 3.17. The third-order valence-corrected chi connectivity index (χ3v) is 4.53. The number of methoxy groups -OCH3 is 1. The summed E-state index contributed by atoms with van der Waals surface area (Å²) >= 11 is 0. The zero-order valence-electron chi connectivity index (χ0n) is 17.1. The third-order valence-electron chi connectivity index (χ3n) is 4.53. The van der Waals surface area contributed by atoms with Crippen LogP contribution in [0, 0.1) is 0 Å². The quantitative estimate of drug-likeness (QED) is 0.549. The standard InChI is InChI=1S/C24H27N3O2/c1-18(2)27(20-12-9-13-21(16-20)29-3)24(28)17-25-22-14-7-8-15-23(22)26-19-10-5-4-6-11-19/h4-16,18,25-26H,17H2,1-3H3. The van der Waals surface area contributed by atoms with Gasteiger partial charge in [-0.25, -0.2) is 0 Å². The van der Waals surface area contributed by atoms with Crippen LogP contribution in [0.4, 0.5) is 22.7 Å². The molecule has 0 aliphatic carbocycles. The van der Waals surface area contributed by atoms with Crippen LogP contribution in [0.3, 0.4) is 0 Å². The molecule has 0 saturated carbocycles. The Bertz CT molecular complexity index is 942. The molecule has 1 amide bonds. The van der Waals surface area contributed by atoms with Crippen molar-refractivity contribution in [2.75, 3.05) is 29.2 Å². The molecule has 3 aromatic carbocycles. The molecule has 3 aromatic rings. The fourth-order valence-corrected chi connectivity index (χ4v) is 3.17. The van der Waals surface area contributed by atoms with Crippen molar-refractivity contribution in [1.82, 2.24) is 0 Å². The van der Waals surface area contributed by atoms with Crippen molar-refractivity contribution >= 4 is 28.7 Å². The first-order valence-electron chi connectivity index (χ1n) is 9.69. The van der Waals surface area contributed by atoms with Crippen LogP contribution in [-0.4, -0.2) is 25.6 Å². The Morgan fingerprint density at radius 2 is 1.62 bits per heavy atom. The number of nitrogens with one attached hydrogen (secondary N) is 2. The van der Waals surface area contributed by atoms with Gasteiger partial charge in [0.05, 0.1) is 25.0 Å². The van der Waals surface area contributed by atoms with Gasteiger partial charge >= 0.3 is 0 Å². The second-order valence-corrected chi connectivity index (χ2v) is 6.95. The maximum atomic E-state index is 13.0. The van der Waals surface area contributed by atoms with Crippen LogP contribution < -0.4 is 20.3 Å². The first kappa shape index (κ1) is 20.3. The summed E-state index contributed by atoms with van der Waals surface area (Å²) in [5, 5.41) is 6.67. The second kappa shape index (κ2) is 9.64. The molecule has 0 atom stereocenters. The van der Waals surface area contributed by atoms with E-state index in [2.05, 4.69) is 10.6 Å². The number of benzene rings is 3. The first-order valence-corrected chi connectivity index (χ1v) is 9.69. The summed E-state index contributed by atoms with van der Waals surface area (Å²) in [6.45, 7) is 4.19. The molecular formula is C24H27N3O2. The minimum Gasteiger partial charge on any atom is -0.497 e. The first-order chi connectivity index (χ1) is 14.1. The molecule has 150 valence electrons. The van der Waals surface area contributed by atoms with Gasteiger partial charge in [-0.2, -0.15) is 0 Å². The van der Waals surface area contributed by atoms with E-state index in [0.717, 1.165) is 28.5 Å². The lowest BCUT2D eigenvalue weighted by atomic mass is 10.2. The number of ether oxygens (including phenoxy) is 1. The highest BCUT2D eigenvalue weighted by Gasteiger charge is 2.19. The van der Waals surface area contributed by atoms with Crippen LogP contribution >= 0.6 is 0 Å². The highest BCUT2D eigenvalue weighted by Crippen LogP contribution is 2.26. The molecule has 0 spiro atoms. The number of rotatable bonds is 8. The van der Waals surface area contributed by atoms with Crippen molar-refractivity contribution in [1.29, 1.82) is 0 Å². The van der Waals surface area contributed by atoms with Crippen LogP contribution in [0.15, 0.2) is 78.9 Å². The normalized spacial score (nSPS) is 10.5. The van der Waals surface area contributed by atoms with E-state index in [1.54, 1.807) is 12.0 Å². The van der Waals surface area contributed by atoms with Crippen molar-refractivity contribution in [3.63, 3.8) is 0 Å². The fraction of sp³-hybridized carbons (Fsp3) is 0.208. The van der Waals surface area contributed by atoms with E-state index in [-0.39, 0.29) is 18.5 Å². The van der Waals surface area contributed by atoms with Gasteiger partial charge in [0.2, 0.25) is 5.91 Å². The molecule has 0 aliphatic rings. The maximum absolute atomic E-state index is 13.0. The SMILES string of the molecule is COc1cccc(N(C(=O)CNc2ccccc2Nc2ccccc2)C(C)C)c1. The third kappa shape index (κ3) is 5.29. The monoisotopic (exact) mass is 389 g/mol. The largest absolute Gasteiger partial charge is 0.497 e. The minimum atomic E-state index is -0.0113. The number of carbonyl (C=O) groups is 1. The smallest absolute Gasteiger partial charge is 0.246 e. The number of hydrogen-bond donors (Lipinski definition) is 2. The van der Waals surface area contributed by atoms with Crippen LogP contribution in [0.25, 0.3) is 0 Å². The summed E-state index contributed by atoms with van der Waals surface area (Å²) in [5.41, 5.74) is 3.61. The molecule has 0 aliphatic heterocycles. The lowest BCUT2D eigenvalue weighted by molar-refractivity contribution is -0.117. The van der Waals surface area contributed by atoms with Gasteiger partial charge in [0.25, 0.3) is 0 Å². The minimum absolute atomic E-state index is 0.0113. The van der Waals surface area contributed by atoms with Crippen LogP contribution in [0.2, 0.25) is 0 Å². The Hall–Kier alpha value is -3.47. The number of hydrogen-bond acceptors (Lipinski definition) is 4. The van der Waals surface area contributed by atoms with Gasteiger partial charge in [-0.05, 0) is 50.2 Å². The zero-order chi connectivity index (χ0) is 20.6. The molecule has 0 heterocycles. The summed E-state index contributed by atoms with van der Waals surface area (Å²) < 4.78 is 5.30. The maximum Gasteiger partial charge on any atom is 0.246 e. The van der Waals surface area contributed by atoms with Gasteiger partial charge in [-0.1, -0.05) is 36.4 Å². The van der Waals surface area contributed by atoms with Gasteiger partial charge in [0.1, 0.15) is 5.75 Å². The van der Waals surface area contributed by atoms with E-state index in [0.29, 0.717) is 0 Å². The van der Waals surface area contributed by atoms with Gasteiger partial charge in [0, 0.05) is 23.5 Å². The summed E-state index contributed by atoms with van der Waals surface area (Å²) in [4.78, 5) is 14.8. The molecule has 2 N–H and O–H groups in total. The molecule has 5 nitrogen and oxygen atoms in total. The summed E-state index contributed by atoms with van der Waals surface area (Å²) in [7, 11) is 1.62. The van der Waals surface area contributed by atoms with E-state index < -0.39 is 0 Å². The number of nitrogens with zero attached hydrogens (tertiary/aromatic N) is 1. The lowest BCUT2D eigenvalue weighted by Gasteiger charge is -2.27. The Labute approximate surface area is 172 Å². The molecule has 0 bridgehead atoms. The van der Waals surface area contributed by atoms with Gasteiger partial charge in [-0.15, -0.1) is 0 Å². The van der Waals surface area contributed by atoms with Gasteiger partial charge < -0.3 is 20.3 Å². The molecular weight excluding hydrogens is 362 g/mol. The average molecular weight is 389 g/mol. The van der Waals surface area contributed by atoms with E-state index in [4.69, 9.17) is 4.74 Å². The van der Waals surface area contributed by atoms with E-state index in [9.17, 15) is 4.79 Å². The summed E-state index contributed by atoms with van der Waals surface area (Å²) in [6.07, 6.45) is 0. The topological polar surface area (TPSA) is 53.6 Å². The predicted molar refractivity (Wildman–Crippen MR) is 120 cm³/mol. The zero-order valence-corrected chi connectivity index (χ0v) is 17.1. The van der Waals surface area contributed by atoms with Crippen LogP contribution in [0.5, 0.6) is 5.75 Å². The Morgan fingerprint density at radius 3 is 2.31 bits per heavy atom. The molecule has 5 heteroatoms. The van der Waals surface area contributed by atoms with Crippen molar-refractivity contribution in [3.05, 3.63) is 78.9 Å². The molecule has 0 unspecified atom stereocenters. The van der Waals surface area contributed by atoms with E-state index in [1.165, 1.54) is 0 Å². The molecule has 0 radical (unpaired) electrons. The van der Waals surface area contributed by atoms with Crippen LogP contribution in [0.1, 0.15) is 13.8 Å².